The van der Waals surface area contributed by atoms with Gasteiger partial charge in [0.1, 0.15) is 0 Å². The van der Waals surface area contributed by atoms with Crippen LogP contribution in [-0.2, 0) is 10.2 Å². The van der Waals surface area contributed by atoms with Gasteiger partial charge in [-0.15, -0.1) is 0 Å². The van der Waals surface area contributed by atoms with Gasteiger partial charge in [-0.25, -0.2) is 0 Å². The van der Waals surface area contributed by atoms with E-state index in [1.807, 2.05) is 14.2 Å². The molecule has 23 heavy (non-hydrogen) atoms. The van der Waals surface area contributed by atoms with Crippen LogP contribution < -0.4 is 5.32 Å². The fourth-order valence-corrected chi connectivity index (χ4v) is 4.93. The summed E-state index contributed by atoms with van der Waals surface area (Å²) in [5.41, 5.74) is 6.26. The number of hydrogen-bond acceptors (Lipinski definition) is 2. The lowest BCUT2D eigenvalue weighted by atomic mass is 9.53. The van der Waals surface area contributed by atoms with Crippen molar-refractivity contribution in [2.45, 2.75) is 36.7 Å². The first-order valence-electron chi connectivity index (χ1n) is 8.66. The Bertz CT molecular complexity index is 661. The fourth-order valence-electron chi connectivity index (χ4n) is 4.93. The van der Waals surface area contributed by atoms with E-state index in [4.69, 9.17) is 4.74 Å². The molecule has 3 aliphatic rings. The van der Waals surface area contributed by atoms with Gasteiger partial charge in [0.25, 0.3) is 0 Å². The molecule has 2 bridgehead atoms. The number of benzene rings is 2. The molecule has 0 heterocycles. The molecule has 120 valence electrons. The van der Waals surface area contributed by atoms with Gasteiger partial charge >= 0.3 is 0 Å². The molecule has 0 saturated carbocycles. The van der Waals surface area contributed by atoms with E-state index in [0.29, 0.717) is 5.92 Å². The highest BCUT2D eigenvalue weighted by molar-refractivity contribution is 5.59. The molecule has 0 spiro atoms. The van der Waals surface area contributed by atoms with E-state index in [0.717, 1.165) is 13.0 Å². The van der Waals surface area contributed by atoms with Crippen LogP contribution >= 0.6 is 0 Å². The van der Waals surface area contributed by atoms with Crippen molar-refractivity contribution in [3.05, 3.63) is 70.8 Å². The van der Waals surface area contributed by atoms with Crippen molar-refractivity contribution >= 4 is 0 Å². The monoisotopic (exact) mass is 307 g/mol. The Morgan fingerprint density at radius 3 is 2.26 bits per heavy atom. The van der Waals surface area contributed by atoms with Crippen LogP contribution in [0.25, 0.3) is 0 Å². The Balaban J connectivity index is 1.88. The average molecular weight is 307 g/mol. The second-order valence-corrected chi connectivity index (χ2v) is 6.97. The number of fused-ring (bicyclic) bond motifs is 1. The smallest absolute Gasteiger partial charge is 0.0707 e. The van der Waals surface area contributed by atoms with Gasteiger partial charge in [0.05, 0.1) is 6.10 Å². The Kier molecular flexibility index (Phi) is 3.74. The summed E-state index contributed by atoms with van der Waals surface area (Å²) in [6.45, 7) is 0.895. The number of rotatable bonds is 5. The van der Waals surface area contributed by atoms with Gasteiger partial charge in [-0.1, -0.05) is 48.5 Å². The van der Waals surface area contributed by atoms with E-state index in [9.17, 15) is 0 Å². The van der Waals surface area contributed by atoms with E-state index in [1.54, 1.807) is 0 Å². The highest BCUT2D eigenvalue weighted by Gasteiger charge is 2.48. The van der Waals surface area contributed by atoms with Crippen molar-refractivity contribution in [2.24, 2.45) is 0 Å². The predicted molar refractivity (Wildman–Crippen MR) is 94.1 cm³/mol. The molecule has 0 radical (unpaired) electrons. The van der Waals surface area contributed by atoms with E-state index in [2.05, 4.69) is 53.8 Å². The van der Waals surface area contributed by atoms with Crippen LogP contribution in [0.4, 0.5) is 0 Å². The minimum Gasteiger partial charge on any atom is -0.380 e. The Labute approximate surface area is 138 Å². The normalized spacial score (nSPS) is 25.7. The van der Waals surface area contributed by atoms with Crippen LogP contribution in [0.2, 0.25) is 0 Å². The van der Waals surface area contributed by atoms with Gasteiger partial charge in [-0.2, -0.15) is 0 Å². The minimum atomic E-state index is 0.111. The molecule has 0 saturated heterocycles. The number of likely N-dealkylation sites (N-methyl/N-ethyl adjacent to an activating group) is 1. The summed E-state index contributed by atoms with van der Waals surface area (Å²) in [5.74, 6) is 0.578. The van der Waals surface area contributed by atoms with Crippen LogP contribution in [-0.4, -0.2) is 26.8 Å². The van der Waals surface area contributed by atoms with Crippen LogP contribution in [0.3, 0.4) is 0 Å². The molecule has 0 aromatic heterocycles. The van der Waals surface area contributed by atoms with E-state index >= 15 is 0 Å². The van der Waals surface area contributed by atoms with Crippen molar-refractivity contribution in [3.8, 4) is 0 Å². The van der Waals surface area contributed by atoms with E-state index in [-0.39, 0.29) is 11.5 Å². The molecule has 1 N–H and O–H groups in total. The largest absolute Gasteiger partial charge is 0.380 e. The molecular weight excluding hydrogens is 282 g/mol. The van der Waals surface area contributed by atoms with Crippen LogP contribution in [0.15, 0.2) is 48.5 Å². The summed E-state index contributed by atoms with van der Waals surface area (Å²) in [6, 6.07) is 18.2. The molecule has 3 aliphatic carbocycles. The molecule has 2 aromatic carbocycles. The van der Waals surface area contributed by atoms with Crippen molar-refractivity contribution < 1.29 is 4.74 Å². The summed E-state index contributed by atoms with van der Waals surface area (Å²) < 4.78 is 5.81. The summed E-state index contributed by atoms with van der Waals surface area (Å²) in [5, 5.41) is 3.29. The van der Waals surface area contributed by atoms with E-state index in [1.165, 1.54) is 35.1 Å². The number of nitrogens with one attached hydrogen (secondary N) is 1. The topological polar surface area (TPSA) is 21.3 Å². The summed E-state index contributed by atoms with van der Waals surface area (Å²) in [4.78, 5) is 0. The standard InChI is InChI=1S/C21H25NO/c1-22-14-15(23-2)13-21-12-11-16(17-7-3-5-9-19(17)21)18-8-4-6-10-20(18)21/h3-10,15-16,22H,11-14H2,1-2H3. The predicted octanol–water partition coefficient (Wildman–Crippen LogP) is 3.84. The lowest BCUT2D eigenvalue weighted by Gasteiger charge is -2.50. The van der Waals surface area contributed by atoms with Gasteiger partial charge in [0.15, 0.2) is 0 Å². The quantitative estimate of drug-likeness (QED) is 0.906. The second kappa shape index (κ2) is 5.77. The molecule has 2 aromatic rings. The first-order valence-corrected chi connectivity index (χ1v) is 8.66. The third-order valence-corrected chi connectivity index (χ3v) is 5.90. The number of methoxy groups -OCH3 is 1. The molecular formula is C21H25NO. The third-order valence-electron chi connectivity index (χ3n) is 5.90. The van der Waals surface area contributed by atoms with Gasteiger partial charge in [0, 0.05) is 25.0 Å². The van der Waals surface area contributed by atoms with Crippen LogP contribution in [0.1, 0.15) is 47.4 Å². The van der Waals surface area contributed by atoms with Crippen molar-refractivity contribution in [2.75, 3.05) is 20.7 Å². The molecule has 1 atom stereocenters. The van der Waals surface area contributed by atoms with Gasteiger partial charge in [0.2, 0.25) is 0 Å². The maximum absolute atomic E-state index is 5.81. The SMILES string of the molecule is CNCC(CC12CCC(c3ccccc31)c1ccccc12)OC. The van der Waals surface area contributed by atoms with Crippen molar-refractivity contribution in [1.29, 1.82) is 0 Å². The molecule has 1 unspecified atom stereocenters. The average Bonchev–Trinajstić information content (AvgIpc) is 2.62. The fraction of sp³-hybridized carbons (Fsp3) is 0.429. The second-order valence-electron chi connectivity index (χ2n) is 6.97. The molecule has 5 rings (SSSR count). The summed E-state index contributed by atoms with van der Waals surface area (Å²) in [7, 11) is 3.84. The Hall–Kier alpha value is -1.64. The zero-order valence-corrected chi connectivity index (χ0v) is 14.0. The molecule has 0 amide bonds. The summed E-state index contributed by atoms with van der Waals surface area (Å²) >= 11 is 0. The minimum absolute atomic E-state index is 0.111. The van der Waals surface area contributed by atoms with Gasteiger partial charge < -0.3 is 10.1 Å². The van der Waals surface area contributed by atoms with E-state index < -0.39 is 0 Å². The molecule has 2 heteroatoms. The lowest BCUT2D eigenvalue weighted by Crippen LogP contribution is -2.44. The zero-order valence-electron chi connectivity index (χ0n) is 14.0. The zero-order chi connectivity index (χ0) is 15.9. The van der Waals surface area contributed by atoms with Crippen molar-refractivity contribution in [1.82, 2.24) is 5.32 Å². The third kappa shape index (κ3) is 2.16. The maximum Gasteiger partial charge on any atom is 0.0707 e. The molecule has 0 aliphatic heterocycles. The molecule has 0 fully saturated rings. The first-order chi connectivity index (χ1) is 11.3. The first kappa shape index (κ1) is 14.9. The van der Waals surface area contributed by atoms with Crippen LogP contribution in [0.5, 0.6) is 0 Å². The number of hydrogen-bond donors (Lipinski definition) is 1. The maximum atomic E-state index is 5.81. The Morgan fingerprint density at radius 1 is 1.09 bits per heavy atom. The summed E-state index contributed by atoms with van der Waals surface area (Å²) in [6.07, 6.45) is 3.76. The van der Waals surface area contributed by atoms with Gasteiger partial charge in [-0.3, -0.25) is 0 Å². The highest BCUT2D eigenvalue weighted by Crippen LogP contribution is 2.58. The van der Waals surface area contributed by atoms with Crippen molar-refractivity contribution in [3.63, 3.8) is 0 Å². The highest BCUT2D eigenvalue weighted by atomic mass is 16.5. The lowest BCUT2D eigenvalue weighted by molar-refractivity contribution is 0.0741. The Morgan fingerprint density at radius 2 is 1.70 bits per heavy atom. The molecule has 2 nitrogen and oxygen atoms in total. The number of ether oxygens (including phenoxy) is 1. The van der Waals surface area contributed by atoms with Gasteiger partial charge in [-0.05, 0) is 48.6 Å². The van der Waals surface area contributed by atoms with Crippen LogP contribution in [0, 0.1) is 0 Å².